The molecule has 2 aliphatic carbocycles. The van der Waals surface area contributed by atoms with Crippen LogP contribution in [0.25, 0.3) is 0 Å². The Bertz CT molecular complexity index is 757. The highest BCUT2D eigenvalue weighted by Crippen LogP contribution is 2.50. The summed E-state index contributed by atoms with van der Waals surface area (Å²) in [5.41, 5.74) is -1.11. The number of likely N-dealkylation sites (tertiary alicyclic amines) is 1. The third kappa shape index (κ3) is 3.87. The van der Waals surface area contributed by atoms with E-state index in [1.807, 2.05) is 51.1 Å². The topological polar surface area (TPSA) is 78.9 Å². The van der Waals surface area contributed by atoms with Crippen molar-refractivity contribution in [2.24, 2.45) is 17.8 Å². The van der Waals surface area contributed by atoms with E-state index in [1.54, 1.807) is 4.90 Å². The second-order valence-corrected chi connectivity index (χ2v) is 9.90. The first-order chi connectivity index (χ1) is 13.7. The van der Waals surface area contributed by atoms with Crippen LogP contribution >= 0.6 is 0 Å². The second-order valence-electron chi connectivity index (χ2n) is 9.90. The summed E-state index contributed by atoms with van der Waals surface area (Å²) in [6, 6.07) is 9.37. The van der Waals surface area contributed by atoms with E-state index in [4.69, 9.17) is 4.74 Å². The lowest BCUT2D eigenvalue weighted by atomic mass is 9.79. The fraction of sp³-hybridized carbons (Fsp3) is 0.652. The summed E-state index contributed by atoms with van der Waals surface area (Å²) in [5.74, 6) is 0.112. The van der Waals surface area contributed by atoms with Crippen LogP contribution in [0.5, 0.6) is 0 Å². The molecule has 3 aliphatic rings. The summed E-state index contributed by atoms with van der Waals surface area (Å²) >= 11 is 0. The zero-order valence-electron chi connectivity index (χ0n) is 17.6. The summed E-state index contributed by atoms with van der Waals surface area (Å²) in [6.45, 7) is 6.82. The van der Waals surface area contributed by atoms with Crippen LogP contribution in [0.2, 0.25) is 0 Å². The number of aliphatic hydroxyl groups is 1. The minimum atomic E-state index is -1.46. The maximum Gasteiger partial charge on any atom is 0.407 e. The highest BCUT2D eigenvalue weighted by Gasteiger charge is 2.61. The van der Waals surface area contributed by atoms with Crippen LogP contribution in [-0.4, -0.2) is 46.7 Å². The molecule has 4 rings (SSSR count). The molecule has 3 fully saturated rings. The smallest absolute Gasteiger partial charge is 0.407 e. The molecule has 2 N–H and O–H groups in total. The molecule has 29 heavy (non-hydrogen) atoms. The number of amides is 2. The van der Waals surface area contributed by atoms with Crippen molar-refractivity contribution in [1.82, 2.24) is 10.2 Å². The van der Waals surface area contributed by atoms with E-state index >= 15 is 0 Å². The van der Waals surface area contributed by atoms with Crippen LogP contribution in [0.1, 0.15) is 52.0 Å². The first-order valence-electron chi connectivity index (χ1n) is 10.8. The van der Waals surface area contributed by atoms with Gasteiger partial charge in [0, 0.05) is 36.4 Å². The first kappa shape index (κ1) is 20.2. The van der Waals surface area contributed by atoms with Gasteiger partial charge >= 0.3 is 6.09 Å². The average molecular weight is 401 g/mol. The molecule has 1 aliphatic heterocycles. The molecule has 1 saturated heterocycles. The van der Waals surface area contributed by atoms with Crippen LogP contribution in [0.15, 0.2) is 30.3 Å². The van der Waals surface area contributed by atoms with E-state index in [2.05, 4.69) is 5.32 Å². The number of nitrogens with zero attached hydrogens (tertiary/aromatic N) is 1. The Morgan fingerprint density at radius 2 is 1.66 bits per heavy atom. The van der Waals surface area contributed by atoms with Crippen LogP contribution < -0.4 is 5.32 Å². The zero-order chi connectivity index (χ0) is 20.8. The molecule has 1 aromatic rings. The number of fused-ring (bicyclic) bond motifs is 1. The molecule has 3 unspecified atom stereocenters. The van der Waals surface area contributed by atoms with Gasteiger partial charge in [-0.3, -0.25) is 4.79 Å². The van der Waals surface area contributed by atoms with Gasteiger partial charge in [-0.05, 0) is 39.2 Å². The van der Waals surface area contributed by atoms with Gasteiger partial charge in [-0.2, -0.15) is 0 Å². The van der Waals surface area contributed by atoms with Gasteiger partial charge in [-0.1, -0.05) is 43.2 Å². The number of hydrogen-bond acceptors (Lipinski definition) is 4. The predicted molar refractivity (Wildman–Crippen MR) is 109 cm³/mol. The number of carbonyl (C=O) groups is 2. The molecule has 0 spiro atoms. The van der Waals surface area contributed by atoms with Gasteiger partial charge < -0.3 is 20.1 Å². The summed E-state index contributed by atoms with van der Waals surface area (Å²) in [5, 5.41) is 14.5. The minimum Gasteiger partial charge on any atom is -0.445 e. The standard InChI is InChI=1S/C23H32N2O4/c1-22(2,3)24-21(27)29-19-17-13-25(14-18(17)19)20(26)23(28,16-11-7-8-12-16)15-9-5-4-6-10-15/h4-6,9-10,16-19,28H,7-8,11-14H2,1-3H3,(H,24,27). The largest absolute Gasteiger partial charge is 0.445 e. The van der Waals surface area contributed by atoms with E-state index < -0.39 is 11.7 Å². The molecule has 6 nitrogen and oxygen atoms in total. The normalized spacial score (nSPS) is 28.6. The van der Waals surface area contributed by atoms with Gasteiger partial charge in [0.2, 0.25) is 0 Å². The predicted octanol–water partition coefficient (Wildman–Crippen LogP) is 3.05. The lowest BCUT2D eigenvalue weighted by Crippen LogP contribution is -2.51. The van der Waals surface area contributed by atoms with Crippen molar-refractivity contribution in [1.29, 1.82) is 0 Å². The third-order valence-electron chi connectivity index (χ3n) is 6.61. The Kier molecular flexibility index (Phi) is 5.09. The average Bonchev–Trinajstić information content (AvgIpc) is 3.11. The molecule has 0 radical (unpaired) electrons. The number of hydrogen-bond donors (Lipinski definition) is 2. The molecule has 0 bridgehead atoms. The Morgan fingerprint density at radius 3 is 2.21 bits per heavy atom. The number of ether oxygens (including phenoxy) is 1. The van der Waals surface area contributed by atoms with E-state index in [-0.39, 0.29) is 35.3 Å². The lowest BCUT2D eigenvalue weighted by molar-refractivity contribution is -0.159. The Hall–Kier alpha value is -2.08. The van der Waals surface area contributed by atoms with Crippen molar-refractivity contribution in [2.75, 3.05) is 13.1 Å². The second kappa shape index (κ2) is 7.31. The number of rotatable bonds is 4. The SMILES string of the molecule is CC(C)(C)NC(=O)OC1C2CN(C(=O)C(O)(c3ccccc3)C3CCCC3)CC21. The maximum atomic E-state index is 13.5. The summed E-state index contributed by atoms with van der Waals surface area (Å²) in [4.78, 5) is 27.3. The Balaban J connectivity index is 1.42. The van der Waals surface area contributed by atoms with Crippen molar-refractivity contribution in [3.8, 4) is 0 Å². The fourth-order valence-electron chi connectivity index (χ4n) is 5.08. The van der Waals surface area contributed by atoms with Crippen LogP contribution in [-0.2, 0) is 15.1 Å². The maximum absolute atomic E-state index is 13.5. The monoisotopic (exact) mass is 400 g/mol. The van der Waals surface area contributed by atoms with Crippen molar-refractivity contribution in [3.05, 3.63) is 35.9 Å². The number of nitrogens with one attached hydrogen (secondary N) is 1. The van der Waals surface area contributed by atoms with Gasteiger partial charge in [0.05, 0.1) is 0 Å². The molecule has 1 aromatic carbocycles. The number of piperidine rings is 1. The van der Waals surface area contributed by atoms with Crippen LogP contribution in [0, 0.1) is 17.8 Å². The molecule has 2 amide bonds. The zero-order valence-corrected chi connectivity index (χ0v) is 17.6. The number of alkyl carbamates (subject to hydrolysis) is 1. The summed E-state index contributed by atoms with van der Waals surface area (Å²) in [7, 11) is 0. The van der Waals surface area contributed by atoms with Gasteiger partial charge in [0.15, 0.2) is 5.60 Å². The van der Waals surface area contributed by atoms with Crippen molar-refractivity contribution in [2.45, 2.75) is 63.7 Å². The highest BCUT2D eigenvalue weighted by molar-refractivity contribution is 5.87. The van der Waals surface area contributed by atoms with Gasteiger partial charge in [0.1, 0.15) is 6.10 Å². The molecule has 158 valence electrons. The van der Waals surface area contributed by atoms with Gasteiger partial charge in [-0.15, -0.1) is 0 Å². The first-order valence-corrected chi connectivity index (χ1v) is 10.8. The molecule has 0 aromatic heterocycles. The van der Waals surface area contributed by atoms with E-state index in [1.165, 1.54) is 0 Å². The Morgan fingerprint density at radius 1 is 1.07 bits per heavy atom. The van der Waals surface area contributed by atoms with E-state index in [9.17, 15) is 14.7 Å². The van der Waals surface area contributed by atoms with Gasteiger partial charge in [0.25, 0.3) is 5.91 Å². The van der Waals surface area contributed by atoms with E-state index in [0.717, 1.165) is 25.7 Å². The fourth-order valence-corrected chi connectivity index (χ4v) is 5.08. The highest BCUT2D eigenvalue weighted by atomic mass is 16.6. The number of carbonyl (C=O) groups excluding carboxylic acids is 2. The lowest BCUT2D eigenvalue weighted by Gasteiger charge is -2.37. The minimum absolute atomic E-state index is 0.0427. The molecule has 6 heteroatoms. The molecular weight excluding hydrogens is 368 g/mol. The molecule has 2 saturated carbocycles. The van der Waals surface area contributed by atoms with Crippen LogP contribution in [0.3, 0.4) is 0 Å². The summed E-state index contributed by atoms with van der Waals surface area (Å²) in [6.07, 6.45) is 3.32. The van der Waals surface area contributed by atoms with Crippen molar-refractivity contribution < 1.29 is 19.4 Å². The van der Waals surface area contributed by atoms with Crippen LogP contribution in [0.4, 0.5) is 4.79 Å². The van der Waals surface area contributed by atoms with E-state index in [0.29, 0.717) is 18.7 Å². The number of benzene rings is 1. The van der Waals surface area contributed by atoms with Crippen molar-refractivity contribution >= 4 is 12.0 Å². The van der Waals surface area contributed by atoms with Crippen molar-refractivity contribution in [3.63, 3.8) is 0 Å². The molecular formula is C23H32N2O4. The quantitative estimate of drug-likeness (QED) is 0.814. The van der Waals surface area contributed by atoms with Gasteiger partial charge in [-0.25, -0.2) is 4.79 Å². The molecule has 3 atom stereocenters. The summed E-state index contributed by atoms with van der Waals surface area (Å²) < 4.78 is 5.55. The molecule has 1 heterocycles. The Labute approximate surface area is 172 Å². The third-order valence-corrected chi connectivity index (χ3v) is 6.61.